The Kier molecular flexibility index (Phi) is 6.23. The molecule has 1 aliphatic heterocycles. The van der Waals surface area contributed by atoms with Gasteiger partial charge in [0.1, 0.15) is 5.82 Å². The van der Waals surface area contributed by atoms with E-state index in [0.717, 1.165) is 31.6 Å². The van der Waals surface area contributed by atoms with Gasteiger partial charge in [-0.1, -0.05) is 48.2 Å². The van der Waals surface area contributed by atoms with E-state index < -0.39 is 0 Å². The molecule has 1 aliphatic carbocycles. The molecular formula is C29H28N4O2S. The molecule has 1 amide bonds. The number of hydrogen-bond donors (Lipinski definition) is 1. The molecule has 1 fully saturated rings. The van der Waals surface area contributed by atoms with Crippen LogP contribution in [0.3, 0.4) is 0 Å². The maximum Gasteiger partial charge on any atom is 0.261 e. The lowest BCUT2D eigenvalue weighted by atomic mass is 10.2. The number of hydrogen-bond acceptors (Lipinski definition) is 5. The number of nitrogens with zero attached hydrogens (tertiary/aromatic N) is 3. The molecule has 182 valence electrons. The zero-order valence-corrected chi connectivity index (χ0v) is 20.8. The highest BCUT2D eigenvalue weighted by atomic mass is 32.2. The molecule has 6 rings (SSSR count). The van der Waals surface area contributed by atoms with E-state index in [2.05, 4.69) is 58.7 Å². The molecule has 0 radical (unpaired) electrons. The highest BCUT2D eigenvalue weighted by Gasteiger charge is 2.28. The van der Waals surface area contributed by atoms with E-state index in [9.17, 15) is 9.59 Å². The molecule has 0 saturated heterocycles. The Morgan fingerprint density at radius 2 is 1.61 bits per heavy atom. The lowest BCUT2D eigenvalue weighted by Gasteiger charge is -2.32. The van der Waals surface area contributed by atoms with Crippen LogP contribution in [0.25, 0.3) is 10.9 Å². The van der Waals surface area contributed by atoms with Gasteiger partial charge in [-0.2, -0.15) is 0 Å². The van der Waals surface area contributed by atoms with Gasteiger partial charge in [-0.3, -0.25) is 14.2 Å². The molecule has 36 heavy (non-hydrogen) atoms. The third-order valence-electron chi connectivity index (χ3n) is 6.78. The number of fused-ring (bicyclic) bond motifs is 3. The summed E-state index contributed by atoms with van der Waals surface area (Å²) in [5.41, 5.74) is 3.15. The third-order valence-corrected chi connectivity index (χ3v) is 7.91. The second-order valence-electron chi connectivity index (χ2n) is 9.34. The van der Waals surface area contributed by atoms with Crippen molar-refractivity contribution in [2.75, 3.05) is 18.0 Å². The van der Waals surface area contributed by atoms with Crippen LogP contribution in [-0.4, -0.2) is 28.5 Å². The normalized spacial score (nSPS) is 14.4. The molecule has 2 heterocycles. The summed E-state index contributed by atoms with van der Waals surface area (Å²) < 4.78 is 1.82. The lowest BCUT2D eigenvalue weighted by Crippen LogP contribution is -2.30. The van der Waals surface area contributed by atoms with Gasteiger partial charge in [0.15, 0.2) is 0 Å². The molecule has 0 bridgehead atoms. The topological polar surface area (TPSA) is 67.2 Å². The first-order chi connectivity index (χ1) is 17.7. The molecule has 0 spiro atoms. The first-order valence-corrected chi connectivity index (χ1v) is 13.4. The predicted octanol–water partition coefficient (Wildman–Crippen LogP) is 5.47. The first-order valence-electron chi connectivity index (χ1n) is 12.6. The summed E-state index contributed by atoms with van der Waals surface area (Å²) in [6.07, 6.45) is 3.62. The van der Waals surface area contributed by atoms with Gasteiger partial charge in [-0.15, -0.1) is 0 Å². The quantitative estimate of drug-likeness (QED) is 0.328. The van der Waals surface area contributed by atoms with Crippen molar-refractivity contribution in [1.82, 2.24) is 14.9 Å². The highest BCUT2D eigenvalue weighted by molar-refractivity contribution is 7.99. The average Bonchev–Trinajstić information content (AvgIpc) is 3.74. The summed E-state index contributed by atoms with van der Waals surface area (Å²) in [5, 5.41) is 3.72. The number of aromatic nitrogens is 2. The van der Waals surface area contributed by atoms with Crippen molar-refractivity contribution in [2.24, 2.45) is 0 Å². The summed E-state index contributed by atoms with van der Waals surface area (Å²) >= 11 is 1.80. The van der Waals surface area contributed by atoms with Gasteiger partial charge in [0.2, 0.25) is 5.91 Å². The van der Waals surface area contributed by atoms with Gasteiger partial charge in [-0.25, -0.2) is 4.98 Å². The van der Waals surface area contributed by atoms with Crippen LogP contribution in [0.15, 0.2) is 87.4 Å². The van der Waals surface area contributed by atoms with Gasteiger partial charge in [0.05, 0.1) is 22.3 Å². The highest BCUT2D eigenvalue weighted by Crippen LogP contribution is 2.47. The number of rotatable bonds is 8. The monoisotopic (exact) mass is 496 g/mol. The first kappa shape index (κ1) is 22.9. The zero-order chi connectivity index (χ0) is 24.5. The molecule has 1 N–H and O–H groups in total. The minimum absolute atomic E-state index is 0.00486. The summed E-state index contributed by atoms with van der Waals surface area (Å²) in [7, 11) is 0. The maximum atomic E-state index is 13.0. The summed E-state index contributed by atoms with van der Waals surface area (Å²) in [6, 6.07) is 24.6. The Morgan fingerprint density at radius 1 is 0.944 bits per heavy atom. The molecule has 1 aromatic heterocycles. The van der Waals surface area contributed by atoms with Crippen molar-refractivity contribution in [3.8, 4) is 0 Å². The number of benzene rings is 3. The van der Waals surface area contributed by atoms with E-state index in [1.54, 1.807) is 11.8 Å². The van der Waals surface area contributed by atoms with Crippen molar-refractivity contribution >= 4 is 39.9 Å². The number of aryl methyl sites for hydroxylation is 1. The van der Waals surface area contributed by atoms with E-state index in [1.165, 1.54) is 21.2 Å². The molecule has 1 saturated carbocycles. The van der Waals surface area contributed by atoms with E-state index in [1.807, 2.05) is 28.8 Å². The molecule has 4 aromatic rings. The standard InChI is InChI=1S/C29H28N4O2S/c34-28(17-16-27-31-22-9-2-1-8-21(22)29(35)33(27)20-14-15-20)30-18-7-19-32-23-10-3-5-12-25(23)36-26-13-6-4-11-24(26)32/h1-6,8-13,20H,7,14-19H2,(H,30,34). The number of para-hydroxylation sites is 3. The molecule has 2 aliphatic rings. The van der Waals surface area contributed by atoms with E-state index >= 15 is 0 Å². The molecule has 0 unspecified atom stereocenters. The van der Waals surface area contributed by atoms with Crippen LogP contribution in [0.1, 0.15) is 37.5 Å². The van der Waals surface area contributed by atoms with Crippen molar-refractivity contribution in [3.05, 3.63) is 89.0 Å². The summed E-state index contributed by atoms with van der Waals surface area (Å²) in [5.74, 6) is 0.713. The Morgan fingerprint density at radius 3 is 2.33 bits per heavy atom. The van der Waals surface area contributed by atoms with Crippen molar-refractivity contribution in [2.45, 2.75) is 47.9 Å². The Hall–Kier alpha value is -3.58. The molecular weight excluding hydrogens is 468 g/mol. The van der Waals surface area contributed by atoms with Crippen LogP contribution in [0.5, 0.6) is 0 Å². The summed E-state index contributed by atoms with van der Waals surface area (Å²) in [6.45, 7) is 1.43. The van der Waals surface area contributed by atoms with Crippen molar-refractivity contribution < 1.29 is 4.79 Å². The van der Waals surface area contributed by atoms with Gasteiger partial charge in [0, 0.05) is 41.8 Å². The fourth-order valence-corrected chi connectivity index (χ4v) is 5.97. The predicted molar refractivity (Wildman–Crippen MR) is 144 cm³/mol. The summed E-state index contributed by atoms with van der Waals surface area (Å²) in [4.78, 5) is 35.3. The SMILES string of the molecule is O=C(CCc1nc2ccccc2c(=O)n1C1CC1)NCCCN1c2ccccc2Sc2ccccc21. The zero-order valence-electron chi connectivity index (χ0n) is 20.0. The van der Waals surface area contributed by atoms with Crippen LogP contribution in [-0.2, 0) is 11.2 Å². The number of nitrogens with one attached hydrogen (secondary N) is 1. The van der Waals surface area contributed by atoms with E-state index in [0.29, 0.717) is 30.3 Å². The van der Waals surface area contributed by atoms with Gasteiger partial charge in [-0.05, 0) is 55.7 Å². The van der Waals surface area contributed by atoms with Crippen LogP contribution in [0.4, 0.5) is 11.4 Å². The number of anilines is 2. The van der Waals surface area contributed by atoms with Gasteiger partial charge in [0.25, 0.3) is 5.56 Å². The van der Waals surface area contributed by atoms with Gasteiger partial charge < -0.3 is 10.2 Å². The minimum Gasteiger partial charge on any atom is -0.356 e. The number of carbonyl (C=O) groups is 1. The fourth-order valence-electron chi connectivity index (χ4n) is 4.88. The second-order valence-corrected chi connectivity index (χ2v) is 10.4. The van der Waals surface area contributed by atoms with Gasteiger partial charge >= 0.3 is 0 Å². The Labute approximate surface area is 214 Å². The maximum absolute atomic E-state index is 13.0. The Bertz CT molecular complexity index is 1450. The fraction of sp³-hybridized carbons (Fsp3) is 0.276. The Balaban J connectivity index is 1.07. The van der Waals surface area contributed by atoms with Crippen LogP contribution in [0, 0.1) is 0 Å². The van der Waals surface area contributed by atoms with Crippen LogP contribution < -0.4 is 15.8 Å². The van der Waals surface area contributed by atoms with Crippen LogP contribution in [0.2, 0.25) is 0 Å². The lowest BCUT2D eigenvalue weighted by molar-refractivity contribution is -0.121. The molecule has 6 nitrogen and oxygen atoms in total. The number of carbonyl (C=O) groups excluding carboxylic acids is 1. The second kappa shape index (κ2) is 9.82. The van der Waals surface area contributed by atoms with E-state index in [4.69, 9.17) is 4.98 Å². The van der Waals surface area contributed by atoms with Crippen molar-refractivity contribution in [1.29, 1.82) is 0 Å². The average molecular weight is 497 g/mol. The minimum atomic E-state index is -0.00486. The van der Waals surface area contributed by atoms with Crippen LogP contribution >= 0.6 is 11.8 Å². The third kappa shape index (κ3) is 4.51. The van der Waals surface area contributed by atoms with E-state index in [-0.39, 0.29) is 17.5 Å². The number of amides is 1. The molecule has 7 heteroatoms. The van der Waals surface area contributed by atoms with Crippen molar-refractivity contribution in [3.63, 3.8) is 0 Å². The molecule has 0 atom stereocenters. The molecule has 3 aromatic carbocycles. The largest absolute Gasteiger partial charge is 0.356 e. The smallest absolute Gasteiger partial charge is 0.261 e.